The van der Waals surface area contributed by atoms with Crippen molar-refractivity contribution in [3.05, 3.63) is 33.6 Å². The maximum Gasteiger partial charge on any atom is 0.309 e. The number of benzene rings is 1. The molecule has 19 heavy (non-hydrogen) atoms. The number of aromatic nitrogens is 3. The minimum absolute atomic E-state index is 0.0249. The van der Waals surface area contributed by atoms with E-state index in [4.69, 9.17) is 5.11 Å². The Morgan fingerprint density at radius 3 is 2.89 bits per heavy atom. The largest absolute Gasteiger partial charge is 0.481 e. The first-order chi connectivity index (χ1) is 8.97. The van der Waals surface area contributed by atoms with Crippen molar-refractivity contribution < 1.29 is 9.90 Å². The predicted molar refractivity (Wildman–Crippen MR) is 75.6 cm³/mol. The van der Waals surface area contributed by atoms with Crippen molar-refractivity contribution in [2.75, 3.05) is 0 Å². The second kappa shape index (κ2) is 4.09. The number of hydrogen-bond acceptors (Lipinski definition) is 2. The molecular weight excluding hydrogens is 310 g/mol. The number of imidazole rings is 2. The normalized spacial score (nSPS) is 11.5. The first-order valence-electron chi connectivity index (χ1n) is 5.85. The molecule has 0 bridgehead atoms. The van der Waals surface area contributed by atoms with Crippen molar-refractivity contribution in [2.45, 2.75) is 20.3 Å². The second-order valence-corrected chi connectivity index (χ2v) is 5.54. The maximum absolute atomic E-state index is 11.0. The van der Waals surface area contributed by atoms with Crippen LogP contribution < -0.4 is 0 Å². The summed E-state index contributed by atoms with van der Waals surface area (Å²) in [5.41, 5.74) is 4.44. The van der Waals surface area contributed by atoms with Crippen LogP contribution >= 0.6 is 15.9 Å². The highest BCUT2D eigenvalue weighted by molar-refractivity contribution is 9.10. The highest BCUT2D eigenvalue weighted by atomic mass is 79.9. The number of carbonyl (C=O) groups is 1. The Balaban J connectivity index is 2.43. The lowest BCUT2D eigenvalue weighted by Gasteiger charge is -2.01. The molecule has 0 spiro atoms. The van der Waals surface area contributed by atoms with Crippen molar-refractivity contribution >= 4 is 38.7 Å². The highest BCUT2D eigenvalue weighted by Gasteiger charge is 2.17. The minimum atomic E-state index is -0.849. The van der Waals surface area contributed by atoms with Gasteiger partial charge in [0.05, 0.1) is 23.1 Å². The van der Waals surface area contributed by atoms with Crippen LogP contribution in [0.2, 0.25) is 0 Å². The van der Waals surface area contributed by atoms with Crippen molar-refractivity contribution in [1.82, 2.24) is 14.4 Å². The molecule has 0 amide bonds. The summed E-state index contributed by atoms with van der Waals surface area (Å²) in [7, 11) is 0. The number of aromatic amines is 1. The Morgan fingerprint density at radius 1 is 1.47 bits per heavy atom. The summed E-state index contributed by atoms with van der Waals surface area (Å²) < 4.78 is 2.84. The number of halogens is 1. The zero-order chi connectivity index (χ0) is 13.7. The molecule has 0 saturated carbocycles. The molecule has 2 heterocycles. The molecule has 6 heteroatoms. The summed E-state index contributed by atoms with van der Waals surface area (Å²) in [6.07, 6.45) is -0.0249. The Labute approximate surface area is 117 Å². The van der Waals surface area contributed by atoms with Crippen LogP contribution in [-0.4, -0.2) is 25.4 Å². The number of nitrogens with one attached hydrogen (secondary N) is 1. The summed E-state index contributed by atoms with van der Waals surface area (Å²) in [5.74, 6) is -0.164. The van der Waals surface area contributed by atoms with E-state index < -0.39 is 5.97 Å². The number of carboxylic acids is 1. The Bertz CT molecular complexity index is 816. The average molecular weight is 322 g/mol. The van der Waals surface area contributed by atoms with E-state index in [0.29, 0.717) is 5.78 Å². The molecule has 1 aromatic carbocycles. The Hall–Kier alpha value is -1.82. The molecule has 0 fully saturated rings. The summed E-state index contributed by atoms with van der Waals surface area (Å²) in [4.78, 5) is 18.7. The summed E-state index contributed by atoms with van der Waals surface area (Å²) in [5, 5.41) is 9.03. The van der Waals surface area contributed by atoms with Gasteiger partial charge in [0, 0.05) is 10.2 Å². The van der Waals surface area contributed by atoms with Gasteiger partial charge in [0.15, 0.2) is 0 Å². The number of hydrogen-bond donors (Lipinski definition) is 2. The van der Waals surface area contributed by atoms with E-state index in [1.807, 2.05) is 30.4 Å². The molecule has 98 valence electrons. The van der Waals surface area contributed by atoms with E-state index in [9.17, 15) is 4.79 Å². The van der Waals surface area contributed by atoms with E-state index >= 15 is 0 Å². The summed E-state index contributed by atoms with van der Waals surface area (Å²) in [6, 6.07) is 3.96. The molecule has 2 aromatic heterocycles. The van der Waals surface area contributed by atoms with Gasteiger partial charge in [-0.15, -0.1) is 0 Å². The lowest BCUT2D eigenvalue weighted by molar-refractivity contribution is -0.136. The third kappa shape index (κ3) is 1.83. The van der Waals surface area contributed by atoms with Gasteiger partial charge < -0.3 is 10.1 Å². The van der Waals surface area contributed by atoms with E-state index in [-0.39, 0.29) is 6.42 Å². The number of H-pyrrole nitrogens is 1. The Morgan fingerprint density at radius 2 is 2.21 bits per heavy atom. The predicted octanol–water partition coefficient (Wildman–Crippen LogP) is 2.82. The van der Waals surface area contributed by atoms with Gasteiger partial charge in [-0.2, -0.15) is 0 Å². The van der Waals surface area contributed by atoms with Crippen LogP contribution in [0.4, 0.5) is 0 Å². The third-order valence-corrected chi connectivity index (χ3v) is 3.69. The van der Waals surface area contributed by atoms with Gasteiger partial charge in [0.25, 0.3) is 0 Å². The SMILES string of the molecule is Cc1[nH]c2nc3c(C)cc(Br)cc3n2c1CC(=O)O. The van der Waals surface area contributed by atoms with Crippen molar-refractivity contribution in [1.29, 1.82) is 0 Å². The first-order valence-corrected chi connectivity index (χ1v) is 6.64. The van der Waals surface area contributed by atoms with Gasteiger partial charge in [-0.25, -0.2) is 4.98 Å². The van der Waals surface area contributed by atoms with Crippen LogP contribution in [0.25, 0.3) is 16.8 Å². The first kappa shape index (κ1) is 12.2. The zero-order valence-corrected chi connectivity index (χ0v) is 12.1. The molecule has 5 nitrogen and oxygen atoms in total. The molecule has 0 aliphatic carbocycles. The molecule has 0 radical (unpaired) electrons. The highest BCUT2D eigenvalue weighted by Crippen LogP contribution is 2.26. The lowest BCUT2D eigenvalue weighted by Crippen LogP contribution is -2.04. The van der Waals surface area contributed by atoms with Gasteiger partial charge in [0.1, 0.15) is 0 Å². The standard InChI is InChI=1S/C13H12BrN3O2/c1-6-3-8(14)4-10-12(6)16-13-15-7(2)9(17(10)13)5-11(18)19/h3-4H,5H2,1-2H3,(H,15,16)(H,18,19). The van der Waals surface area contributed by atoms with E-state index in [0.717, 1.165) is 32.5 Å². The van der Waals surface area contributed by atoms with Crippen LogP contribution in [0.3, 0.4) is 0 Å². The molecular formula is C13H12BrN3O2. The fourth-order valence-corrected chi connectivity index (χ4v) is 2.98. The second-order valence-electron chi connectivity index (χ2n) is 4.63. The number of nitrogens with zero attached hydrogens (tertiary/aromatic N) is 2. The van der Waals surface area contributed by atoms with Gasteiger partial charge in [-0.05, 0) is 31.5 Å². The number of fused-ring (bicyclic) bond motifs is 3. The Kier molecular flexibility index (Phi) is 2.63. The number of rotatable bonds is 2. The van der Waals surface area contributed by atoms with Crippen LogP contribution in [0.15, 0.2) is 16.6 Å². The van der Waals surface area contributed by atoms with Gasteiger partial charge in [-0.3, -0.25) is 9.20 Å². The fraction of sp³-hybridized carbons (Fsp3) is 0.231. The van der Waals surface area contributed by atoms with Crippen LogP contribution in [0, 0.1) is 13.8 Å². The van der Waals surface area contributed by atoms with E-state index in [1.165, 1.54) is 0 Å². The van der Waals surface area contributed by atoms with Gasteiger partial charge >= 0.3 is 5.97 Å². The molecule has 0 saturated heterocycles. The number of carboxylic acid groups (broad SMARTS) is 1. The monoisotopic (exact) mass is 321 g/mol. The minimum Gasteiger partial charge on any atom is -0.481 e. The lowest BCUT2D eigenvalue weighted by atomic mass is 10.2. The smallest absolute Gasteiger partial charge is 0.309 e. The average Bonchev–Trinajstić information content (AvgIpc) is 2.77. The zero-order valence-electron chi connectivity index (χ0n) is 10.5. The fourth-order valence-electron chi connectivity index (χ4n) is 2.42. The quantitative estimate of drug-likeness (QED) is 0.762. The van der Waals surface area contributed by atoms with Crippen LogP contribution in [0.5, 0.6) is 0 Å². The molecule has 3 rings (SSSR count). The maximum atomic E-state index is 11.0. The summed E-state index contributed by atoms with van der Waals surface area (Å²) in [6.45, 7) is 3.85. The van der Waals surface area contributed by atoms with Crippen molar-refractivity contribution in [2.24, 2.45) is 0 Å². The number of aliphatic carboxylic acids is 1. The van der Waals surface area contributed by atoms with Gasteiger partial charge in [-0.1, -0.05) is 15.9 Å². The molecule has 2 N–H and O–H groups in total. The van der Waals surface area contributed by atoms with Crippen molar-refractivity contribution in [3.8, 4) is 0 Å². The topological polar surface area (TPSA) is 70.4 Å². The molecule has 0 unspecified atom stereocenters. The van der Waals surface area contributed by atoms with Crippen LogP contribution in [0.1, 0.15) is 17.0 Å². The summed E-state index contributed by atoms with van der Waals surface area (Å²) >= 11 is 3.47. The molecule has 3 aromatic rings. The molecule has 0 aliphatic heterocycles. The van der Waals surface area contributed by atoms with E-state index in [2.05, 4.69) is 25.9 Å². The third-order valence-electron chi connectivity index (χ3n) is 3.24. The van der Waals surface area contributed by atoms with E-state index in [1.54, 1.807) is 0 Å². The molecule has 0 atom stereocenters. The molecule has 0 aliphatic rings. The van der Waals surface area contributed by atoms with Gasteiger partial charge in [0.2, 0.25) is 5.78 Å². The van der Waals surface area contributed by atoms with Crippen LogP contribution in [-0.2, 0) is 11.2 Å². The van der Waals surface area contributed by atoms with Crippen molar-refractivity contribution in [3.63, 3.8) is 0 Å². The number of aryl methyl sites for hydroxylation is 2.